The third-order valence-electron chi connectivity index (χ3n) is 2.88. The molecule has 0 radical (unpaired) electrons. The van der Waals surface area contributed by atoms with Gasteiger partial charge in [0.05, 0.1) is 14.2 Å². The number of ether oxygens (including phenoxy) is 2. The molecule has 4 heteroatoms. The highest BCUT2D eigenvalue weighted by atomic mass is 16.5. The molecule has 0 saturated heterocycles. The number of allylic oxidation sites excluding steroid dienone is 1. The van der Waals surface area contributed by atoms with E-state index < -0.39 is 5.97 Å². The zero-order chi connectivity index (χ0) is 15.1. The largest absolute Gasteiger partial charge is 0.496 e. The summed E-state index contributed by atoms with van der Waals surface area (Å²) in [5.74, 6) is 0.380. The summed E-state index contributed by atoms with van der Waals surface area (Å²) in [6.45, 7) is 5.86. The molecule has 0 amide bonds. The van der Waals surface area contributed by atoms with E-state index in [0.717, 1.165) is 35.8 Å². The third-order valence-corrected chi connectivity index (χ3v) is 2.88. The van der Waals surface area contributed by atoms with Crippen LogP contribution in [0.3, 0.4) is 0 Å². The fourth-order valence-electron chi connectivity index (χ4n) is 1.93. The summed E-state index contributed by atoms with van der Waals surface area (Å²) in [7, 11) is 3.17. The molecule has 0 aromatic heterocycles. The molecule has 0 atom stereocenters. The minimum Gasteiger partial charge on any atom is -0.496 e. The van der Waals surface area contributed by atoms with Gasteiger partial charge in [0.15, 0.2) is 0 Å². The van der Waals surface area contributed by atoms with Crippen molar-refractivity contribution in [3.8, 4) is 11.5 Å². The average Bonchev–Trinajstić information content (AvgIpc) is 2.41. The van der Waals surface area contributed by atoms with Crippen molar-refractivity contribution in [1.82, 2.24) is 0 Å². The van der Waals surface area contributed by atoms with E-state index in [2.05, 4.69) is 6.58 Å². The first-order chi connectivity index (χ1) is 9.49. The summed E-state index contributed by atoms with van der Waals surface area (Å²) >= 11 is 0. The van der Waals surface area contributed by atoms with Gasteiger partial charge in [-0.15, -0.1) is 6.58 Å². The van der Waals surface area contributed by atoms with E-state index in [1.807, 2.05) is 13.0 Å². The fourth-order valence-corrected chi connectivity index (χ4v) is 1.93. The maximum absolute atomic E-state index is 10.6. The highest BCUT2D eigenvalue weighted by molar-refractivity contribution is 5.86. The molecule has 1 aromatic rings. The Balaban J connectivity index is 3.24. The van der Waals surface area contributed by atoms with E-state index >= 15 is 0 Å². The minimum absolute atomic E-state index is 0.642. The Morgan fingerprint density at radius 2 is 2.05 bits per heavy atom. The highest BCUT2D eigenvalue weighted by Gasteiger charge is 2.13. The Morgan fingerprint density at radius 1 is 1.35 bits per heavy atom. The quantitative estimate of drug-likeness (QED) is 0.613. The molecule has 0 saturated carbocycles. The summed E-state index contributed by atoms with van der Waals surface area (Å²) in [4.78, 5) is 10.6. The molecule has 1 aromatic carbocycles. The predicted molar refractivity (Wildman–Crippen MR) is 79.4 cm³/mol. The topological polar surface area (TPSA) is 55.8 Å². The van der Waals surface area contributed by atoms with E-state index in [-0.39, 0.29) is 0 Å². The standard InChI is InChI=1S/C16H20O4/c1-11(2)5-8-13-14(19-3)9-6-12(16(13)20-4)7-10-15(17)18/h6-7,9-10H,1,5,8H2,2-4H3,(H,17,18). The number of benzene rings is 1. The molecule has 108 valence electrons. The molecule has 1 N–H and O–H groups in total. The Labute approximate surface area is 119 Å². The van der Waals surface area contributed by atoms with Crippen LogP contribution in [0.1, 0.15) is 24.5 Å². The maximum atomic E-state index is 10.6. The van der Waals surface area contributed by atoms with Crippen molar-refractivity contribution in [2.24, 2.45) is 0 Å². The third kappa shape index (κ3) is 4.16. The molecule has 4 nitrogen and oxygen atoms in total. The van der Waals surface area contributed by atoms with Crippen LogP contribution < -0.4 is 9.47 Å². The molecular formula is C16H20O4. The van der Waals surface area contributed by atoms with Crippen LogP contribution in [0.5, 0.6) is 11.5 Å². The van der Waals surface area contributed by atoms with Crippen LogP contribution in [0.2, 0.25) is 0 Å². The Kier molecular flexibility index (Phi) is 5.84. The van der Waals surface area contributed by atoms with Gasteiger partial charge in [-0.05, 0) is 38.0 Å². The molecule has 0 heterocycles. The summed E-state index contributed by atoms with van der Waals surface area (Å²) in [6.07, 6.45) is 4.16. The van der Waals surface area contributed by atoms with Crippen molar-refractivity contribution in [1.29, 1.82) is 0 Å². The van der Waals surface area contributed by atoms with Gasteiger partial charge in [0.25, 0.3) is 0 Å². The van der Waals surface area contributed by atoms with E-state index in [1.165, 1.54) is 6.08 Å². The molecule has 0 aliphatic heterocycles. The number of hydrogen-bond acceptors (Lipinski definition) is 3. The summed E-state index contributed by atoms with van der Waals surface area (Å²) < 4.78 is 10.8. The second-order valence-corrected chi connectivity index (χ2v) is 4.50. The first kappa shape index (κ1) is 15.8. The summed E-state index contributed by atoms with van der Waals surface area (Å²) in [6, 6.07) is 3.60. The lowest BCUT2D eigenvalue weighted by atomic mass is 10.0. The molecule has 0 bridgehead atoms. The Morgan fingerprint density at radius 3 is 2.55 bits per heavy atom. The fraction of sp³-hybridized carbons (Fsp3) is 0.312. The number of hydrogen-bond donors (Lipinski definition) is 1. The SMILES string of the molecule is C=C(C)CCc1c(OC)ccc(C=CC(=O)O)c1OC. The van der Waals surface area contributed by atoms with Gasteiger partial charge in [0, 0.05) is 17.2 Å². The van der Waals surface area contributed by atoms with Crippen LogP contribution in [-0.4, -0.2) is 25.3 Å². The Hall–Kier alpha value is -2.23. The lowest BCUT2D eigenvalue weighted by Crippen LogP contribution is -2.00. The van der Waals surface area contributed by atoms with Gasteiger partial charge >= 0.3 is 5.97 Å². The number of carboxylic acids is 1. The van der Waals surface area contributed by atoms with Crippen LogP contribution in [0.25, 0.3) is 6.08 Å². The first-order valence-corrected chi connectivity index (χ1v) is 6.28. The number of aliphatic carboxylic acids is 1. The van der Waals surface area contributed by atoms with Crippen molar-refractivity contribution in [2.45, 2.75) is 19.8 Å². The van der Waals surface area contributed by atoms with Gasteiger partial charge < -0.3 is 14.6 Å². The summed E-state index contributed by atoms with van der Waals surface area (Å²) in [5, 5.41) is 8.72. The predicted octanol–water partition coefficient (Wildman–Crippen LogP) is 3.31. The van der Waals surface area contributed by atoms with Crippen LogP contribution in [0.4, 0.5) is 0 Å². The molecule has 0 spiro atoms. The molecule has 0 aliphatic rings. The monoisotopic (exact) mass is 276 g/mol. The number of carbonyl (C=O) groups is 1. The van der Waals surface area contributed by atoms with Crippen LogP contribution in [0, 0.1) is 0 Å². The lowest BCUT2D eigenvalue weighted by molar-refractivity contribution is -0.131. The van der Waals surface area contributed by atoms with Gasteiger partial charge in [-0.25, -0.2) is 4.79 Å². The lowest BCUT2D eigenvalue weighted by Gasteiger charge is -2.15. The second-order valence-electron chi connectivity index (χ2n) is 4.50. The molecule has 0 unspecified atom stereocenters. The van der Waals surface area contributed by atoms with Crippen molar-refractivity contribution in [3.63, 3.8) is 0 Å². The minimum atomic E-state index is -0.994. The maximum Gasteiger partial charge on any atom is 0.328 e. The van der Waals surface area contributed by atoms with Gasteiger partial charge in [-0.2, -0.15) is 0 Å². The zero-order valence-electron chi connectivity index (χ0n) is 12.1. The first-order valence-electron chi connectivity index (χ1n) is 6.28. The van der Waals surface area contributed by atoms with Crippen LogP contribution in [0.15, 0.2) is 30.4 Å². The molecule has 1 rings (SSSR count). The second kappa shape index (κ2) is 7.38. The van der Waals surface area contributed by atoms with E-state index in [0.29, 0.717) is 11.3 Å². The van der Waals surface area contributed by atoms with Crippen molar-refractivity contribution >= 4 is 12.0 Å². The highest BCUT2D eigenvalue weighted by Crippen LogP contribution is 2.34. The molecule has 20 heavy (non-hydrogen) atoms. The van der Waals surface area contributed by atoms with E-state index in [4.69, 9.17) is 14.6 Å². The van der Waals surface area contributed by atoms with Crippen molar-refractivity contribution < 1.29 is 19.4 Å². The van der Waals surface area contributed by atoms with Gasteiger partial charge in [-0.3, -0.25) is 0 Å². The molecular weight excluding hydrogens is 256 g/mol. The molecule has 0 fully saturated rings. The van der Waals surface area contributed by atoms with Gasteiger partial charge in [0.1, 0.15) is 11.5 Å². The zero-order valence-corrected chi connectivity index (χ0v) is 12.1. The number of methoxy groups -OCH3 is 2. The average molecular weight is 276 g/mol. The van der Waals surface area contributed by atoms with Crippen molar-refractivity contribution in [2.75, 3.05) is 14.2 Å². The smallest absolute Gasteiger partial charge is 0.328 e. The van der Waals surface area contributed by atoms with E-state index in [9.17, 15) is 4.79 Å². The van der Waals surface area contributed by atoms with Gasteiger partial charge in [-0.1, -0.05) is 5.57 Å². The normalized spacial score (nSPS) is 10.6. The molecule has 0 aliphatic carbocycles. The Bertz CT molecular complexity index is 530. The number of carboxylic acid groups (broad SMARTS) is 1. The van der Waals surface area contributed by atoms with Gasteiger partial charge in [0.2, 0.25) is 0 Å². The van der Waals surface area contributed by atoms with Crippen LogP contribution in [-0.2, 0) is 11.2 Å². The van der Waals surface area contributed by atoms with E-state index in [1.54, 1.807) is 20.3 Å². The number of rotatable bonds is 7. The van der Waals surface area contributed by atoms with Crippen LogP contribution >= 0.6 is 0 Å². The summed E-state index contributed by atoms with van der Waals surface area (Å²) in [5.41, 5.74) is 2.71. The van der Waals surface area contributed by atoms with Crippen molar-refractivity contribution in [3.05, 3.63) is 41.5 Å².